The molecule has 0 aliphatic heterocycles. The van der Waals surface area contributed by atoms with Gasteiger partial charge in [0.1, 0.15) is 12.0 Å². The largest absolute Gasteiger partial charge is 0.309 e. The van der Waals surface area contributed by atoms with Crippen molar-refractivity contribution >= 4 is 28.3 Å². The molecule has 0 radical (unpaired) electrons. The number of alkyl halides is 1. The first-order valence-corrected chi connectivity index (χ1v) is 9.01. The normalized spacial score (nSPS) is 18.7. The van der Waals surface area contributed by atoms with Crippen molar-refractivity contribution in [2.45, 2.75) is 25.9 Å². The number of imidazole rings is 1. The standard InChI is InChI=1S/C19H16F2N6O/c1-2-9-13(21)6-15-11(7-22-25-15)18(9)14-3-4-17-23-16(8-27(17)26-14)24-19(28)10-5-12(10)20/h3-4,6-8,10,12H,2,5H2,1H3,(H,22,25)(H,24,28)/t10-,12+/m1/s1. The molecule has 9 heteroatoms. The van der Waals surface area contributed by atoms with Gasteiger partial charge in [-0.05, 0) is 36.6 Å². The molecule has 4 aromatic rings. The number of rotatable bonds is 4. The second kappa shape index (κ2) is 6.08. The van der Waals surface area contributed by atoms with Gasteiger partial charge in [0, 0.05) is 10.9 Å². The molecule has 1 aliphatic carbocycles. The van der Waals surface area contributed by atoms with Crippen molar-refractivity contribution in [3.8, 4) is 11.3 Å². The highest BCUT2D eigenvalue weighted by atomic mass is 19.1. The highest BCUT2D eigenvalue weighted by Gasteiger charge is 2.43. The van der Waals surface area contributed by atoms with E-state index in [0.717, 1.165) is 5.39 Å². The Morgan fingerprint density at radius 2 is 2.25 bits per heavy atom. The molecule has 3 aromatic heterocycles. The van der Waals surface area contributed by atoms with E-state index < -0.39 is 12.1 Å². The SMILES string of the molecule is CCc1c(F)cc2[nH]ncc2c1-c1ccc2nc(NC(=O)[C@@H]3C[C@@H]3F)cn2n1. The topological polar surface area (TPSA) is 88.0 Å². The van der Waals surface area contributed by atoms with Gasteiger partial charge >= 0.3 is 0 Å². The molecule has 2 N–H and O–H groups in total. The molecule has 7 nitrogen and oxygen atoms in total. The summed E-state index contributed by atoms with van der Waals surface area (Å²) < 4.78 is 29.1. The minimum Gasteiger partial charge on any atom is -0.309 e. The minimum absolute atomic E-state index is 0.252. The van der Waals surface area contributed by atoms with Crippen LogP contribution in [0.4, 0.5) is 14.6 Å². The molecule has 3 heterocycles. The molecule has 1 aliphatic rings. The average Bonchev–Trinajstić information content (AvgIpc) is 3.05. The number of hydrogen-bond donors (Lipinski definition) is 2. The molecule has 28 heavy (non-hydrogen) atoms. The van der Waals surface area contributed by atoms with Gasteiger partial charge in [-0.15, -0.1) is 0 Å². The number of aromatic nitrogens is 5. The summed E-state index contributed by atoms with van der Waals surface area (Å²) in [6, 6.07) is 4.93. The second-order valence-electron chi connectivity index (χ2n) is 6.89. The smallest absolute Gasteiger partial charge is 0.231 e. The van der Waals surface area contributed by atoms with Crippen molar-refractivity contribution in [1.29, 1.82) is 0 Å². The van der Waals surface area contributed by atoms with Crippen LogP contribution >= 0.6 is 0 Å². The van der Waals surface area contributed by atoms with Crippen LogP contribution in [0.25, 0.3) is 27.8 Å². The van der Waals surface area contributed by atoms with Crippen LogP contribution in [0.3, 0.4) is 0 Å². The van der Waals surface area contributed by atoms with Crippen LogP contribution in [0.2, 0.25) is 0 Å². The zero-order valence-electron chi connectivity index (χ0n) is 14.9. The Balaban J connectivity index is 1.58. The number of aromatic amines is 1. The van der Waals surface area contributed by atoms with E-state index in [4.69, 9.17) is 0 Å². The number of benzene rings is 1. The Labute approximate surface area is 157 Å². The van der Waals surface area contributed by atoms with Crippen molar-refractivity contribution in [1.82, 2.24) is 24.8 Å². The molecule has 0 saturated heterocycles. The molecular formula is C19H16F2N6O. The zero-order valence-corrected chi connectivity index (χ0v) is 14.9. The molecule has 1 aromatic carbocycles. The van der Waals surface area contributed by atoms with Crippen LogP contribution in [-0.4, -0.2) is 36.9 Å². The van der Waals surface area contributed by atoms with Crippen molar-refractivity contribution in [2.24, 2.45) is 5.92 Å². The third kappa shape index (κ3) is 2.62. The highest BCUT2D eigenvalue weighted by Crippen LogP contribution is 2.35. The molecule has 0 unspecified atom stereocenters. The number of nitrogens with one attached hydrogen (secondary N) is 2. The van der Waals surface area contributed by atoms with Crippen LogP contribution in [0, 0.1) is 11.7 Å². The van der Waals surface area contributed by atoms with Crippen molar-refractivity contribution in [3.05, 3.63) is 42.0 Å². The monoisotopic (exact) mass is 382 g/mol. The maximum Gasteiger partial charge on any atom is 0.231 e. The average molecular weight is 382 g/mol. The lowest BCUT2D eigenvalue weighted by Crippen LogP contribution is -2.15. The Bertz CT molecular complexity index is 1230. The number of carbonyl (C=O) groups excluding carboxylic acids is 1. The van der Waals surface area contributed by atoms with Gasteiger partial charge in [0.2, 0.25) is 5.91 Å². The number of H-pyrrole nitrogens is 1. The molecule has 5 rings (SSSR count). The van der Waals surface area contributed by atoms with Crippen LogP contribution < -0.4 is 5.32 Å². The summed E-state index contributed by atoms with van der Waals surface area (Å²) in [4.78, 5) is 16.2. The van der Waals surface area contributed by atoms with Gasteiger partial charge in [-0.3, -0.25) is 9.89 Å². The van der Waals surface area contributed by atoms with Gasteiger partial charge in [0.05, 0.1) is 29.5 Å². The van der Waals surface area contributed by atoms with Gasteiger partial charge in [-0.1, -0.05) is 6.92 Å². The fraction of sp³-hybridized carbons (Fsp3) is 0.263. The molecule has 0 bridgehead atoms. The third-order valence-corrected chi connectivity index (χ3v) is 5.03. The maximum absolute atomic E-state index is 14.5. The first kappa shape index (κ1) is 16.8. The quantitative estimate of drug-likeness (QED) is 0.567. The van der Waals surface area contributed by atoms with E-state index in [0.29, 0.717) is 40.2 Å². The van der Waals surface area contributed by atoms with Crippen LogP contribution in [-0.2, 0) is 11.2 Å². The van der Waals surface area contributed by atoms with Gasteiger partial charge in [-0.25, -0.2) is 18.3 Å². The molecule has 1 amide bonds. The highest BCUT2D eigenvalue weighted by molar-refractivity contribution is 5.96. The fourth-order valence-electron chi connectivity index (χ4n) is 3.47. The Morgan fingerprint density at radius 1 is 1.43 bits per heavy atom. The summed E-state index contributed by atoms with van der Waals surface area (Å²) in [5.41, 5.74) is 2.90. The number of halogens is 2. The fourth-order valence-corrected chi connectivity index (χ4v) is 3.47. The van der Waals surface area contributed by atoms with Crippen molar-refractivity contribution < 1.29 is 13.6 Å². The first-order chi connectivity index (χ1) is 13.5. The molecule has 142 valence electrons. The Hall–Kier alpha value is -3.36. The molecular weight excluding hydrogens is 366 g/mol. The van der Waals surface area contributed by atoms with E-state index in [1.54, 1.807) is 24.5 Å². The molecule has 2 atom stereocenters. The first-order valence-electron chi connectivity index (χ1n) is 9.01. The van der Waals surface area contributed by atoms with Gasteiger partial charge in [0.25, 0.3) is 0 Å². The van der Waals surface area contributed by atoms with Gasteiger partial charge < -0.3 is 5.32 Å². The molecule has 1 fully saturated rings. The number of amides is 1. The number of carbonyl (C=O) groups is 1. The maximum atomic E-state index is 14.5. The predicted octanol–water partition coefficient (Wildman–Crippen LogP) is 3.27. The summed E-state index contributed by atoms with van der Waals surface area (Å²) in [6.45, 7) is 1.88. The molecule has 1 saturated carbocycles. The number of anilines is 1. The predicted molar refractivity (Wildman–Crippen MR) is 99.0 cm³/mol. The summed E-state index contributed by atoms with van der Waals surface area (Å²) in [6.07, 6.45) is 2.89. The summed E-state index contributed by atoms with van der Waals surface area (Å²) in [7, 11) is 0. The van der Waals surface area contributed by atoms with E-state index in [2.05, 4.69) is 25.6 Å². The summed E-state index contributed by atoms with van der Waals surface area (Å²) >= 11 is 0. The van der Waals surface area contributed by atoms with E-state index in [1.807, 2.05) is 6.92 Å². The Kier molecular flexibility index (Phi) is 3.65. The minimum atomic E-state index is -1.07. The lowest BCUT2D eigenvalue weighted by molar-refractivity contribution is -0.117. The van der Waals surface area contributed by atoms with Crippen molar-refractivity contribution in [3.63, 3.8) is 0 Å². The van der Waals surface area contributed by atoms with E-state index in [1.165, 1.54) is 10.6 Å². The summed E-state index contributed by atoms with van der Waals surface area (Å²) in [5.74, 6) is -0.992. The second-order valence-corrected chi connectivity index (χ2v) is 6.89. The van der Waals surface area contributed by atoms with Crippen LogP contribution in [0.15, 0.2) is 30.6 Å². The molecule has 0 spiro atoms. The van der Waals surface area contributed by atoms with E-state index in [9.17, 15) is 13.6 Å². The van der Waals surface area contributed by atoms with Gasteiger partial charge in [-0.2, -0.15) is 10.2 Å². The Morgan fingerprint density at radius 3 is 3.00 bits per heavy atom. The third-order valence-electron chi connectivity index (χ3n) is 5.03. The zero-order chi connectivity index (χ0) is 19.4. The summed E-state index contributed by atoms with van der Waals surface area (Å²) in [5, 5.41) is 14.7. The van der Waals surface area contributed by atoms with E-state index in [-0.39, 0.29) is 18.1 Å². The van der Waals surface area contributed by atoms with E-state index >= 15 is 0 Å². The van der Waals surface area contributed by atoms with Crippen molar-refractivity contribution in [2.75, 3.05) is 5.32 Å². The van der Waals surface area contributed by atoms with Crippen LogP contribution in [0.1, 0.15) is 18.9 Å². The number of hydrogen-bond acceptors (Lipinski definition) is 4. The number of fused-ring (bicyclic) bond motifs is 2. The lowest BCUT2D eigenvalue weighted by atomic mass is 9.97. The number of nitrogens with zero attached hydrogens (tertiary/aromatic N) is 4. The van der Waals surface area contributed by atoms with Gasteiger partial charge in [0.15, 0.2) is 11.5 Å². The lowest BCUT2D eigenvalue weighted by Gasteiger charge is -2.10. The van der Waals surface area contributed by atoms with Crippen LogP contribution in [0.5, 0.6) is 0 Å².